The average Bonchev–Trinajstić information content (AvgIpc) is 3.24. The first-order valence-corrected chi connectivity index (χ1v) is 12.6. The lowest BCUT2D eigenvalue weighted by molar-refractivity contribution is 0.0921. The summed E-state index contributed by atoms with van der Waals surface area (Å²) in [6, 6.07) is 7.21. The summed E-state index contributed by atoms with van der Waals surface area (Å²) >= 11 is 6.29. The average molecular weight is 518 g/mol. The summed E-state index contributed by atoms with van der Waals surface area (Å²) in [6.45, 7) is 4.63. The van der Waals surface area contributed by atoms with E-state index in [0.717, 1.165) is 22.7 Å². The largest absolute Gasteiger partial charge is 0.491 e. The Kier molecular flexibility index (Phi) is 8.43. The third kappa shape index (κ3) is 5.79. The molecule has 36 heavy (non-hydrogen) atoms. The van der Waals surface area contributed by atoms with Gasteiger partial charge in [-0.05, 0) is 49.6 Å². The van der Waals surface area contributed by atoms with Gasteiger partial charge in [0, 0.05) is 23.2 Å². The SMILES string of the molecule is CCOC(=O)NC[C@H](O)COc1ccc([C@H]2C3=C(CCN2C(=O)OCC)C2C=C(Cl)C=CC2N3)cc1. The Morgan fingerprint density at radius 1 is 1.22 bits per heavy atom. The molecule has 0 bridgehead atoms. The molecule has 4 atom stereocenters. The fraction of sp³-hybridized carbons (Fsp3) is 0.462. The number of amides is 2. The summed E-state index contributed by atoms with van der Waals surface area (Å²) in [6.07, 6.45) is 4.95. The van der Waals surface area contributed by atoms with Crippen molar-refractivity contribution in [2.75, 3.05) is 32.9 Å². The van der Waals surface area contributed by atoms with Gasteiger partial charge in [0.2, 0.25) is 0 Å². The molecule has 0 radical (unpaired) electrons. The number of carbonyl (C=O) groups excluding carboxylic acids is 2. The molecule has 2 amide bonds. The molecule has 10 heteroatoms. The molecule has 0 spiro atoms. The smallest absolute Gasteiger partial charge is 0.410 e. The van der Waals surface area contributed by atoms with Crippen LogP contribution in [0.1, 0.15) is 31.9 Å². The molecule has 4 rings (SSSR count). The minimum Gasteiger partial charge on any atom is -0.491 e. The molecule has 9 nitrogen and oxygen atoms in total. The standard InChI is InChI=1S/C26H32ClN3O6/c1-3-34-25(32)28-14-18(31)15-36-19-8-5-16(6-9-19)24-23-20(11-12-30(24)26(33)35-4-2)21-13-17(27)7-10-22(21)29-23/h5-10,13,18,21-22,24,29,31H,3-4,11-12,14-15H2,1-2H3,(H,28,32)/t18-,21?,22?,24-/m0/s1. The maximum Gasteiger partial charge on any atom is 0.410 e. The Morgan fingerprint density at radius 3 is 2.69 bits per heavy atom. The minimum atomic E-state index is -0.890. The molecule has 1 aromatic rings. The first-order valence-electron chi connectivity index (χ1n) is 12.2. The molecule has 0 aromatic heterocycles. The number of rotatable bonds is 8. The first kappa shape index (κ1) is 25.9. The third-order valence-corrected chi connectivity index (χ3v) is 6.62. The second kappa shape index (κ2) is 11.7. The van der Waals surface area contributed by atoms with Crippen LogP contribution in [0.5, 0.6) is 5.75 Å². The summed E-state index contributed by atoms with van der Waals surface area (Å²) in [5, 5.41) is 16.9. The predicted octanol–water partition coefficient (Wildman–Crippen LogP) is 3.61. The van der Waals surface area contributed by atoms with Crippen LogP contribution in [0.3, 0.4) is 0 Å². The highest BCUT2D eigenvalue weighted by Crippen LogP contribution is 2.44. The minimum absolute atomic E-state index is 0.00375. The number of carbonyl (C=O) groups is 2. The van der Waals surface area contributed by atoms with Gasteiger partial charge in [-0.1, -0.05) is 35.9 Å². The molecule has 1 aliphatic carbocycles. The monoisotopic (exact) mass is 517 g/mol. The fourth-order valence-corrected chi connectivity index (χ4v) is 4.97. The molecule has 0 saturated carbocycles. The molecule has 3 aliphatic rings. The van der Waals surface area contributed by atoms with Gasteiger partial charge in [0.05, 0.1) is 25.8 Å². The van der Waals surface area contributed by atoms with Gasteiger partial charge < -0.3 is 30.0 Å². The van der Waals surface area contributed by atoms with E-state index in [0.29, 0.717) is 18.9 Å². The topological polar surface area (TPSA) is 109 Å². The number of nitrogens with one attached hydrogen (secondary N) is 2. The van der Waals surface area contributed by atoms with Crippen molar-refractivity contribution in [3.8, 4) is 5.75 Å². The van der Waals surface area contributed by atoms with Crippen molar-refractivity contribution in [3.63, 3.8) is 0 Å². The molecule has 194 valence electrons. The molecule has 2 heterocycles. The number of fused-ring (bicyclic) bond motifs is 2. The zero-order chi connectivity index (χ0) is 25.7. The van der Waals surface area contributed by atoms with Gasteiger partial charge in [0.15, 0.2) is 0 Å². The third-order valence-electron chi connectivity index (χ3n) is 6.36. The Labute approximate surface area is 215 Å². The maximum atomic E-state index is 12.8. The van der Waals surface area contributed by atoms with Crippen LogP contribution in [0.4, 0.5) is 9.59 Å². The van der Waals surface area contributed by atoms with Gasteiger partial charge in [0.25, 0.3) is 0 Å². The Hall–Kier alpha value is -3.17. The highest BCUT2D eigenvalue weighted by Gasteiger charge is 2.43. The summed E-state index contributed by atoms with van der Waals surface area (Å²) in [7, 11) is 0. The Balaban J connectivity index is 1.48. The number of nitrogens with zero attached hydrogens (tertiary/aromatic N) is 1. The molecule has 3 N–H and O–H groups in total. The lowest BCUT2D eigenvalue weighted by Gasteiger charge is -2.37. The van der Waals surface area contributed by atoms with E-state index in [9.17, 15) is 14.7 Å². The second-order valence-electron chi connectivity index (χ2n) is 8.73. The van der Waals surface area contributed by atoms with Crippen molar-refractivity contribution in [1.29, 1.82) is 0 Å². The number of aliphatic hydroxyl groups excluding tert-OH is 1. The molecule has 2 unspecified atom stereocenters. The highest BCUT2D eigenvalue weighted by molar-refractivity contribution is 6.31. The predicted molar refractivity (Wildman–Crippen MR) is 135 cm³/mol. The van der Waals surface area contributed by atoms with Crippen molar-refractivity contribution in [2.24, 2.45) is 5.92 Å². The number of hydrogen-bond donors (Lipinski definition) is 3. The summed E-state index contributed by atoms with van der Waals surface area (Å²) in [5.74, 6) is 0.726. The van der Waals surface area contributed by atoms with E-state index in [1.54, 1.807) is 30.9 Å². The van der Waals surface area contributed by atoms with E-state index in [2.05, 4.69) is 22.8 Å². The van der Waals surface area contributed by atoms with Crippen LogP contribution >= 0.6 is 11.6 Å². The van der Waals surface area contributed by atoms with Crippen LogP contribution in [-0.2, 0) is 9.47 Å². The van der Waals surface area contributed by atoms with Crippen molar-refractivity contribution in [2.45, 2.75) is 38.5 Å². The van der Waals surface area contributed by atoms with E-state index < -0.39 is 12.2 Å². The van der Waals surface area contributed by atoms with Crippen molar-refractivity contribution < 1.29 is 28.9 Å². The van der Waals surface area contributed by atoms with Gasteiger partial charge >= 0.3 is 12.2 Å². The second-order valence-corrected chi connectivity index (χ2v) is 9.16. The number of allylic oxidation sites excluding steroid dienone is 2. The van der Waals surface area contributed by atoms with Crippen LogP contribution in [-0.4, -0.2) is 67.2 Å². The van der Waals surface area contributed by atoms with E-state index >= 15 is 0 Å². The quantitative estimate of drug-likeness (QED) is 0.483. The molecule has 0 saturated heterocycles. The number of halogens is 1. The summed E-state index contributed by atoms with van der Waals surface area (Å²) in [4.78, 5) is 26.0. The Bertz CT molecular complexity index is 1050. The lowest BCUT2D eigenvalue weighted by Crippen LogP contribution is -2.42. The van der Waals surface area contributed by atoms with Crippen molar-refractivity contribution in [3.05, 3.63) is 64.4 Å². The van der Waals surface area contributed by atoms with Gasteiger partial charge in [0.1, 0.15) is 24.5 Å². The summed E-state index contributed by atoms with van der Waals surface area (Å²) in [5.41, 5.74) is 3.17. The van der Waals surface area contributed by atoms with E-state index in [1.807, 2.05) is 18.2 Å². The number of alkyl carbamates (subject to hydrolysis) is 1. The Morgan fingerprint density at radius 2 is 1.97 bits per heavy atom. The van der Waals surface area contributed by atoms with E-state index in [1.165, 1.54) is 5.57 Å². The molecule has 2 aliphatic heterocycles. The number of aliphatic hydroxyl groups is 1. The van der Waals surface area contributed by atoms with E-state index in [-0.39, 0.29) is 43.9 Å². The first-order chi connectivity index (χ1) is 17.4. The van der Waals surface area contributed by atoms with Crippen LogP contribution in [0.2, 0.25) is 0 Å². The van der Waals surface area contributed by atoms with Crippen molar-refractivity contribution >= 4 is 23.8 Å². The van der Waals surface area contributed by atoms with Crippen LogP contribution < -0.4 is 15.4 Å². The normalized spacial score (nSPS) is 23.2. The highest BCUT2D eigenvalue weighted by atomic mass is 35.5. The molecule has 0 fully saturated rings. The van der Waals surface area contributed by atoms with Crippen LogP contribution in [0.25, 0.3) is 0 Å². The van der Waals surface area contributed by atoms with Crippen LogP contribution in [0.15, 0.2) is 58.8 Å². The molecular formula is C26H32ClN3O6. The van der Waals surface area contributed by atoms with Crippen LogP contribution in [0, 0.1) is 5.92 Å². The van der Waals surface area contributed by atoms with Gasteiger partial charge in [-0.3, -0.25) is 4.90 Å². The molecule has 1 aromatic carbocycles. The number of benzene rings is 1. The van der Waals surface area contributed by atoms with Gasteiger partial charge in [-0.15, -0.1) is 0 Å². The molecular weight excluding hydrogens is 486 g/mol. The van der Waals surface area contributed by atoms with Gasteiger partial charge in [-0.2, -0.15) is 0 Å². The maximum absolute atomic E-state index is 12.8. The number of hydrogen-bond acceptors (Lipinski definition) is 7. The van der Waals surface area contributed by atoms with E-state index in [4.69, 9.17) is 25.8 Å². The van der Waals surface area contributed by atoms with Gasteiger partial charge in [-0.25, -0.2) is 9.59 Å². The zero-order valence-electron chi connectivity index (χ0n) is 20.4. The zero-order valence-corrected chi connectivity index (χ0v) is 21.2. The fourth-order valence-electron chi connectivity index (χ4n) is 4.77. The lowest BCUT2D eigenvalue weighted by atomic mass is 9.85. The summed E-state index contributed by atoms with van der Waals surface area (Å²) < 4.78 is 15.8. The van der Waals surface area contributed by atoms with Crippen molar-refractivity contribution in [1.82, 2.24) is 15.5 Å². The number of ether oxygens (including phenoxy) is 3.